The Hall–Kier alpha value is -0.440. The summed E-state index contributed by atoms with van der Waals surface area (Å²) in [6.45, 7) is 4.44. The van der Waals surface area contributed by atoms with Crippen molar-refractivity contribution in [3.8, 4) is 12.3 Å². The molecule has 0 heterocycles. The maximum Gasteiger partial charge on any atom is 0.00861 e. The van der Waals surface area contributed by atoms with E-state index in [1.165, 1.54) is 12.8 Å². The molecule has 0 atom stereocenters. The molecule has 0 saturated carbocycles. The van der Waals surface area contributed by atoms with Crippen LogP contribution in [0.5, 0.6) is 0 Å². The standard InChI is InChI=1S/C8H14/c1-4-5-6-7-8(2)3/h1,8H,5-7H2,2-3H3. The van der Waals surface area contributed by atoms with E-state index < -0.39 is 0 Å². The van der Waals surface area contributed by atoms with Crippen LogP contribution >= 0.6 is 0 Å². The molecule has 0 heteroatoms. The van der Waals surface area contributed by atoms with E-state index in [-0.39, 0.29) is 0 Å². The lowest BCUT2D eigenvalue weighted by molar-refractivity contribution is 0.563. The van der Waals surface area contributed by atoms with Crippen molar-refractivity contribution >= 4 is 0 Å². The molecule has 0 rings (SSSR count). The van der Waals surface area contributed by atoms with Crippen LogP contribution in [0.15, 0.2) is 0 Å². The van der Waals surface area contributed by atoms with E-state index >= 15 is 0 Å². The first-order valence-electron chi connectivity index (χ1n) is 3.21. The number of unbranched alkanes of at least 4 members (excludes halogenated alkanes) is 1. The molecular formula is C8H14. The zero-order chi connectivity index (χ0) is 6.41. The van der Waals surface area contributed by atoms with Crippen LogP contribution in [0.25, 0.3) is 0 Å². The molecule has 0 aromatic rings. The lowest BCUT2D eigenvalue weighted by Gasteiger charge is -1.98. The molecule has 0 aliphatic carbocycles. The van der Waals surface area contributed by atoms with E-state index in [4.69, 9.17) is 6.42 Å². The molecule has 0 saturated heterocycles. The van der Waals surface area contributed by atoms with Gasteiger partial charge in [-0.2, -0.15) is 0 Å². The van der Waals surface area contributed by atoms with Crippen LogP contribution in [-0.4, -0.2) is 0 Å². The van der Waals surface area contributed by atoms with Crippen LogP contribution in [0, 0.1) is 18.3 Å². The van der Waals surface area contributed by atoms with E-state index in [9.17, 15) is 0 Å². The first kappa shape index (κ1) is 7.56. The Bertz CT molecular complexity index is 74.5. The summed E-state index contributed by atoms with van der Waals surface area (Å²) in [6.07, 6.45) is 8.46. The van der Waals surface area contributed by atoms with Crippen molar-refractivity contribution < 1.29 is 0 Å². The monoisotopic (exact) mass is 110 g/mol. The molecule has 0 bridgehead atoms. The zero-order valence-electron chi connectivity index (χ0n) is 5.78. The molecular weight excluding hydrogens is 96.1 g/mol. The SMILES string of the molecule is C#CCCCC(C)C. The molecule has 0 amide bonds. The largest absolute Gasteiger partial charge is 0.120 e. The molecule has 0 aliphatic heterocycles. The highest BCUT2D eigenvalue weighted by Gasteiger charge is 1.89. The van der Waals surface area contributed by atoms with Gasteiger partial charge >= 0.3 is 0 Å². The second-order valence-electron chi connectivity index (χ2n) is 2.49. The minimum absolute atomic E-state index is 0.809. The van der Waals surface area contributed by atoms with Gasteiger partial charge in [-0.1, -0.05) is 20.3 Å². The van der Waals surface area contributed by atoms with Crippen molar-refractivity contribution in [1.29, 1.82) is 0 Å². The van der Waals surface area contributed by atoms with Crippen molar-refractivity contribution in [3.63, 3.8) is 0 Å². The van der Waals surface area contributed by atoms with Crippen LogP contribution in [0.1, 0.15) is 33.1 Å². The Labute approximate surface area is 52.3 Å². The highest BCUT2D eigenvalue weighted by molar-refractivity contribution is 4.82. The second-order valence-corrected chi connectivity index (χ2v) is 2.49. The van der Waals surface area contributed by atoms with Gasteiger partial charge in [0.15, 0.2) is 0 Å². The van der Waals surface area contributed by atoms with Gasteiger partial charge in [0.1, 0.15) is 0 Å². The van der Waals surface area contributed by atoms with Crippen molar-refractivity contribution in [2.24, 2.45) is 5.92 Å². The average molecular weight is 110 g/mol. The first-order valence-corrected chi connectivity index (χ1v) is 3.21. The highest BCUT2D eigenvalue weighted by Crippen LogP contribution is 2.04. The summed E-state index contributed by atoms with van der Waals surface area (Å²) in [6, 6.07) is 0. The molecule has 46 valence electrons. The second kappa shape index (κ2) is 4.71. The van der Waals surface area contributed by atoms with Crippen LogP contribution in [0.2, 0.25) is 0 Å². The zero-order valence-corrected chi connectivity index (χ0v) is 5.78. The fourth-order valence-corrected chi connectivity index (χ4v) is 0.612. The number of hydrogen-bond acceptors (Lipinski definition) is 0. The van der Waals surface area contributed by atoms with Gasteiger partial charge in [-0.25, -0.2) is 0 Å². The normalized spacial score (nSPS) is 9.25. The molecule has 8 heavy (non-hydrogen) atoms. The highest BCUT2D eigenvalue weighted by atomic mass is 14.0. The van der Waals surface area contributed by atoms with Gasteiger partial charge in [-0.05, 0) is 12.3 Å². The summed E-state index contributed by atoms with van der Waals surface area (Å²) in [4.78, 5) is 0. The molecule has 0 aromatic carbocycles. The summed E-state index contributed by atoms with van der Waals surface area (Å²) < 4.78 is 0. The molecule has 0 aliphatic rings. The van der Waals surface area contributed by atoms with Gasteiger partial charge in [-0.15, -0.1) is 12.3 Å². The van der Waals surface area contributed by atoms with Gasteiger partial charge in [0.25, 0.3) is 0 Å². The van der Waals surface area contributed by atoms with Crippen molar-refractivity contribution in [2.45, 2.75) is 33.1 Å². The van der Waals surface area contributed by atoms with Gasteiger partial charge in [-0.3, -0.25) is 0 Å². The van der Waals surface area contributed by atoms with Gasteiger partial charge < -0.3 is 0 Å². The molecule has 0 radical (unpaired) electrons. The number of rotatable bonds is 3. The van der Waals surface area contributed by atoms with E-state index in [1.54, 1.807) is 0 Å². The summed E-state index contributed by atoms with van der Waals surface area (Å²) in [5.41, 5.74) is 0. The Morgan fingerprint density at radius 1 is 1.50 bits per heavy atom. The topological polar surface area (TPSA) is 0 Å². The maximum absolute atomic E-state index is 5.06. The maximum atomic E-state index is 5.06. The van der Waals surface area contributed by atoms with Gasteiger partial charge in [0, 0.05) is 6.42 Å². The minimum atomic E-state index is 0.809. The van der Waals surface area contributed by atoms with Crippen LogP contribution in [0.4, 0.5) is 0 Å². The van der Waals surface area contributed by atoms with E-state index in [0.717, 1.165) is 12.3 Å². The third-order valence-corrected chi connectivity index (χ3v) is 1.10. The number of terminal acetylenes is 1. The quantitative estimate of drug-likeness (QED) is 0.386. The van der Waals surface area contributed by atoms with Crippen molar-refractivity contribution in [2.75, 3.05) is 0 Å². The Balaban J connectivity index is 2.85. The van der Waals surface area contributed by atoms with Gasteiger partial charge in [0.05, 0.1) is 0 Å². The molecule has 0 spiro atoms. The van der Waals surface area contributed by atoms with Crippen molar-refractivity contribution in [1.82, 2.24) is 0 Å². The van der Waals surface area contributed by atoms with Crippen LogP contribution in [0.3, 0.4) is 0 Å². The van der Waals surface area contributed by atoms with E-state index in [1.807, 2.05) is 0 Å². The summed E-state index contributed by atoms with van der Waals surface area (Å²) in [5.74, 6) is 3.43. The minimum Gasteiger partial charge on any atom is -0.120 e. The Morgan fingerprint density at radius 3 is 2.50 bits per heavy atom. The van der Waals surface area contributed by atoms with Crippen molar-refractivity contribution in [3.05, 3.63) is 0 Å². The fraction of sp³-hybridized carbons (Fsp3) is 0.750. The first-order chi connectivity index (χ1) is 3.77. The third kappa shape index (κ3) is 5.56. The average Bonchev–Trinajstić information content (AvgIpc) is 1.66. The Kier molecular flexibility index (Phi) is 4.45. The number of hydrogen-bond donors (Lipinski definition) is 0. The predicted molar refractivity (Wildman–Crippen MR) is 37.5 cm³/mol. The fourth-order valence-electron chi connectivity index (χ4n) is 0.612. The molecule has 0 unspecified atom stereocenters. The molecule has 0 aromatic heterocycles. The van der Waals surface area contributed by atoms with E-state index in [0.29, 0.717) is 0 Å². The smallest absolute Gasteiger partial charge is 0.00861 e. The van der Waals surface area contributed by atoms with Crippen LogP contribution < -0.4 is 0 Å². The predicted octanol–water partition coefficient (Wildman–Crippen LogP) is 2.45. The lowest BCUT2D eigenvalue weighted by Crippen LogP contribution is -1.84. The summed E-state index contributed by atoms with van der Waals surface area (Å²) >= 11 is 0. The summed E-state index contributed by atoms with van der Waals surface area (Å²) in [7, 11) is 0. The molecule has 0 fully saturated rings. The van der Waals surface area contributed by atoms with E-state index in [2.05, 4.69) is 19.8 Å². The summed E-state index contributed by atoms with van der Waals surface area (Å²) in [5, 5.41) is 0. The van der Waals surface area contributed by atoms with Crippen LogP contribution in [-0.2, 0) is 0 Å². The molecule has 0 N–H and O–H groups in total. The van der Waals surface area contributed by atoms with Gasteiger partial charge in [0.2, 0.25) is 0 Å². The lowest BCUT2D eigenvalue weighted by atomic mass is 10.1. The molecule has 0 nitrogen and oxygen atoms in total. The third-order valence-electron chi connectivity index (χ3n) is 1.10. The Morgan fingerprint density at radius 2 is 2.12 bits per heavy atom.